The van der Waals surface area contributed by atoms with E-state index < -0.39 is 44.1 Å². The Bertz CT molecular complexity index is 1140. The molecule has 0 amide bonds. The lowest BCUT2D eigenvalue weighted by atomic mass is 9.78. The second kappa shape index (κ2) is 12.6. The first kappa shape index (κ1) is 28.5. The molecule has 5 atom stereocenters. The summed E-state index contributed by atoms with van der Waals surface area (Å²) in [6.45, 7) is 0.459. The first-order chi connectivity index (χ1) is 18.2. The van der Waals surface area contributed by atoms with E-state index in [9.17, 15) is 14.8 Å². The van der Waals surface area contributed by atoms with Crippen LogP contribution in [0.3, 0.4) is 0 Å². The molecule has 2 N–H and O–H groups in total. The highest BCUT2D eigenvalue weighted by molar-refractivity contribution is 7.48. The Morgan fingerprint density at radius 3 is 1.61 bits per heavy atom. The molecule has 0 spiro atoms. The summed E-state index contributed by atoms with van der Waals surface area (Å²) in [7, 11) is -4.66. The minimum Gasteiger partial charge on any atom is -0.390 e. The molecule has 0 heterocycles. The van der Waals surface area contributed by atoms with Gasteiger partial charge >= 0.3 is 7.82 Å². The van der Waals surface area contributed by atoms with E-state index in [1.54, 1.807) is 91.0 Å². The average Bonchev–Trinajstić information content (AvgIpc) is 2.94. The van der Waals surface area contributed by atoms with Gasteiger partial charge in [0.15, 0.2) is 6.10 Å². The number of alkyl halides is 2. The number of hydrogen-bond acceptors (Lipinski definition) is 7. The van der Waals surface area contributed by atoms with E-state index in [2.05, 4.69) is 0 Å². The third-order valence-corrected chi connectivity index (χ3v) is 7.85. The van der Waals surface area contributed by atoms with Gasteiger partial charge in [-0.25, -0.2) is 13.3 Å². The predicted molar refractivity (Wildman–Crippen MR) is 136 cm³/mol. The summed E-state index contributed by atoms with van der Waals surface area (Å²) < 4.78 is 67.3. The van der Waals surface area contributed by atoms with E-state index in [1.165, 1.54) is 0 Å². The molecule has 0 radical (unpaired) electrons. The molecule has 4 rings (SSSR count). The molecule has 1 saturated carbocycles. The number of hydrogen-bond donors (Lipinski definition) is 2. The van der Waals surface area contributed by atoms with Crippen molar-refractivity contribution in [2.45, 2.75) is 57.1 Å². The monoisotopic (exact) mass is 548 g/mol. The maximum atomic E-state index is 15.6. The lowest BCUT2D eigenvalue weighted by Gasteiger charge is -2.46. The number of aliphatic hydroxyl groups is 2. The third-order valence-electron chi connectivity index (χ3n) is 6.48. The van der Waals surface area contributed by atoms with Gasteiger partial charge in [-0.05, 0) is 16.7 Å². The molecule has 1 aliphatic rings. The predicted octanol–water partition coefficient (Wildman–Crippen LogP) is 5.51. The van der Waals surface area contributed by atoms with Crippen molar-refractivity contribution in [3.63, 3.8) is 0 Å². The third kappa shape index (κ3) is 6.93. The van der Waals surface area contributed by atoms with Gasteiger partial charge in [0, 0.05) is 0 Å². The van der Waals surface area contributed by atoms with E-state index in [0.717, 1.165) is 6.92 Å². The molecule has 10 heteroatoms. The van der Waals surface area contributed by atoms with Gasteiger partial charge in [0.2, 0.25) is 0 Å². The number of rotatable bonds is 11. The van der Waals surface area contributed by atoms with Crippen molar-refractivity contribution in [1.29, 1.82) is 0 Å². The number of halogens is 2. The van der Waals surface area contributed by atoms with Crippen LogP contribution in [0.1, 0.15) is 23.6 Å². The summed E-state index contributed by atoms with van der Waals surface area (Å²) in [5.74, 6) is -5.47. The molecular formula is C28H31F2O7P. The van der Waals surface area contributed by atoms with Crippen LogP contribution in [-0.2, 0) is 42.7 Å². The minimum absolute atomic E-state index is 0.153. The minimum atomic E-state index is -4.66. The normalized spacial score (nSPS) is 25.2. The molecule has 3 aromatic carbocycles. The molecule has 1 aliphatic carbocycles. The molecule has 0 aromatic heterocycles. The van der Waals surface area contributed by atoms with Gasteiger partial charge in [0.05, 0.1) is 31.8 Å². The molecule has 0 saturated heterocycles. The number of aliphatic hydroxyl groups excluding tert-OH is 2. The van der Waals surface area contributed by atoms with Crippen LogP contribution in [0.15, 0.2) is 91.0 Å². The van der Waals surface area contributed by atoms with Crippen molar-refractivity contribution in [2.24, 2.45) is 5.92 Å². The van der Waals surface area contributed by atoms with E-state index >= 15 is 8.78 Å². The zero-order chi connectivity index (χ0) is 27.2. The first-order valence-electron chi connectivity index (χ1n) is 12.2. The molecule has 0 bridgehead atoms. The summed E-state index contributed by atoms with van der Waals surface area (Å²) in [5.41, 5.74) is 1.89. The van der Waals surface area contributed by atoms with Crippen LogP contribution in [0.4, 0.5) is 8.78 Å². The molecule has 0 aliphatic heterocycles. The SMILES string of the molecule is C[C@H]1[C@H](O)[C@H](O)[C@H](OCc2ccccc2)[C@H](OP(=O)(OCc2ccccc2)OCc2ccccc2)C1(F)F. The molecule has 0 unspecified atom stereocenters. The second-order valence-corrected chi connectivity index (χ2v) is 10.8. The van der Waals surface area contributed by atoms with Gasteiger partial charge in [0.25, 0.3) is 5.92 Å². The molecular weight excluding hydrogens is 517 g/mol. The highest BCUT2D eigenvalue weighted by Crippen LogP contribution is 2.56. The van der Waals surface area contributed by atoms with Crippen LogP contribution in [0.2, 0.25) is 0 Å². The Morgan fingerprint density at radius 2 is 1.16 bits per heavy atom. The summed E-state index contributed by atoms with van der Waals surface area (Å²) in [4.78, 5) is 0. The van der Waals surface area contributed by atoms with Crippen LogP contribution in [0.25, 0.3) is 0 Å². The molecule has 38 heavy (non-hydrogen) atoms. The standard InChI is InChI=1S/C28H31F2O7P/c1-20-24(31)25(32)26(34-17-21-11-5-2-6-12-21)27(28(20,29)30)37-38(33,35-18-22-13-7-3-8-14-22)36-19-23-15-9-4-10-16-23/h2-16,20,24-27,31-32H,17-19H2,1H3/t20-,24-,25-,26-,27-/m0/s1. The zero-order valence-corrected chi connectivity index (χ0v) is 21.7. The van der Waals surface area contributed by atoms with Crippen LogP contribution < -0.4 is 0 Å². The number of benzene rings is 3. The van der Waals surface area contributed by atoms with Crippen molar-refractivity contribution in [2.75, 3.05) is 0 Å². The number of phosphoric acid groups is 1. The van der Waals surface area contributed by atoms with Crippen LogP contribution in [0, 0.1) is 5.92 Å². The Kier molecular flexibility index (Phi) is 9.44. The maximum absolute atomic E-state index is 15.6. The van der Waals surface area contributed by atoms with E-state index in [-0.39, 0.29) is 19.8 Å². The van der Waals surface area contributed by atoms with E-state index in [1.807, 2.05) is 0 Å². The fraction of sp³-hybridized carbons (Fsp3) is 0.357. The van der Waals surface area contributed by atoms with Gasteiger partial charge in [-0.2, -0.15) is 0 Å². The Hall–Kier alpha value is -2.49. The summed E-state index contributed by atoms with van der Waals surface area (Å²) in [6.07, 6.45) is -7.52. The van der Waals surface area contributed by atoms with Gasteiger partial charge in [-0.1, -0.05) is 97.9 Å². The van der Waals surface area contributed by atoms with Gasteiger partial charge in [-0.3, -0.25) is 13.6 Å². The Balaban J connectivity index is 1.60. The lowest BCUT2D eigenvalue weighted by molar-refractivity contribution is -0.272. The van der Waals surface area contributed by atoms with Crippen LogP contribution in [-0.4, -0.2) is 40.6 Å². The van der Waals surface area contributed by atoms with Crippen molar-refractivity contribution in [3.05, 3.63) is 108 Å². The number of phosphoric ester groups is 1. The van der Waals surface area contributed by atoms with Crippen molar-refractivity contribution in [3.8, 4) is 0 Å². The molecule has 7 nitrogen and oxygen atoms in total. The maximum Gasteiger partial charge on any atom is 0.476 e. The van der Waals surface area contributed by atoms with Gasteiger partial charge in [-0.15, -0.1) is 0 Å². The Morgan fingerprint density at radius 1 is 0.737 bits per heavy atom. The number of ether oxygens (including phenoxy) is 1. The first-order valence-corrected chi connectivity index (χ1v) is 13.7. The van der Waals surface area contributed by atoms with Gasteiger partial charge < -0.3 is 14.9 Å². The molecule has 1 fully saturated rings. The topological polar surface area (TPSA) is 94.5 Å². The quantitative estimate of drug-likeness (QED) is 0.306. The highest BCUT2D eigenvalue weighted by Gasteiger charge is 2.62. The largest absolute Gasteiger partial charge is 0.476 e. The Labute approximate surface area is 220 Å². The van der Waals surface area contributed by atoms with E-state index in [0.29, 0.717) is 16.7 Å². The van der Waals surface area contributed by atoms with Crippen LogP contribution in [0.5, 0.6) is 0 Å². The summed E-state index contributed by atoms with van der Waals surface area (Å²) >= 11 is 0. The summed E-state index contributed by atoms with van der Waals surface area (Å²) in [5, 5.41) is 21.1. The van der Waals surface area contributed by atoms with Crippen molar-refractivity contribution in [1.82, 2.24) is 0 Å². The van der Waals surface area contributed by atoms with E-state index in [4.69, 9.17) is 18.3 Å². The van der Waals surface area contributed by atoms with Crippen LogP contribution >= 0.6 is 7.82 Å². The lowest BCUT2D eigenvalue weighted by Crippen LogP contribution is -2.65. The van der Waals surface area contributed by atoms with Gasteiger partial charge in [0.1, 0.15) is 12.2 Å². The smallest absolute Gasteiger partial charge is 0.390 e. The highest BCUT2D eigenvalue weighted by atomic mass is 31.2. The summed E-state index contributed by atoms with van der Waals surface area (Å²) in [6, 6.07) is 26.1. The molecule has 3 aromatic rings. The molecule has 204 valence electrons. The van der Waals surface area contributed by atoms with Crippen molar-refractivity contribution >= 4 is 7.82 Å². The average molecular weight is 549 g/mol. The second-order valence-electron chi connectivity index (χ2n) is 9.20. The fourth-order valence-corrected chi connectivity index (χ4v) is 5.50. The zero-order valence-electron chi connectivity index (χ0n) is 20.8. The van der Waals surface area contributed by atoms with Crippen molar-refractivity contribution < 1.29 is 41.9 Å². The fourth-order valence-electron chi connectivity index (χ4n) is 4.15.